The summed E-state index contributed by atoms with van der Waals surface area (Å²) in [6.45, 7) is 0. The fraction of sp³-hybridized carbons (Fsp3) is 0.0909. The highest BCUT2D eigenvalue weighted by atomic mass is 19.1. The number of aliphatic carboxylic acids is 1. The second kappa shape index (κ2) is 4.91. The van der Waals surface area contributed by atoms with Crippen molar-refractivity contribution in [2.75, 3.05) is 0 Å². The van der Waals surface area contributed by atoms with E-state index in [4.69, 9.17) is 10.4 Å². The number of nitrogens with zero attached hydrogens (tertiary/aromatic N) is 1. The maximum absolute atomic E-state index is 13.1. The molecule has 4 heteroatoms. The molecule has 0 fully saturated rings. The van der Waals surface area contributed by atoms with Crippen molar-refractivity contribution in [2.24, 2.45) is 0 Å². The molecular formula is C11H8FNO2. The fourth-order valence-electron chi connectivity index (χ4n) is 1.08. The van der Waals surface area contributed by atoms with Crippen molar-refractivity contribution in [2.45, 2.75) is 6.42 Å². The molecule has 1 aromatic rings. The Morgan fingerprint density at radius 1 is 1.60 bits per heavy atom. The standard InChI is InChI=1S/C11H8FNO2/c12-10-5-1-3-8(9(10)7-13)4-2-6-11(14)15/h1-5H,6H2,(H,14,15). The molecule has 0 atom stereocenters. The minimum Gasteiger partial charge on any atom is -0.481 e. The third kappa shape index (κ3) is 2.92. The first kappa shape index (κ1) is 10.9. The second-order valence-electron chi connectivity index (χ2n) is 2.82. The average molecular weight is 205 g/mol. The summed E-state index contributed by atoms with van der Waals surface area (Å²) in [5, 5.41) is 17.0. The van der Waals surface area contributed by atoms with Crippen LogP contribution in [0.1, 0.15) is 17.5 Å². The van der Waals surface area contributed by atoms with Crippen LogP contribution in [-0.4, -0.2) is 11.1 Å². The van der Waals surface area contributed by atoms with E-state index in [0.29, 0.717) is 5.56 Å². The Morgan fingerprint density at radius 3 is 2.93 bits per heavy atom. The number of benzene rings is 1. The lowest BCUT2D eigenvalue weighted by Gasteiger charge is -1.97. The molecule has 15 heavy (non-hydrogen) atoms. The van der Waals surface area contributed by atoms with Gasteiger partial charge in [-0.1, -0.05) is 24.3 Å². The molecule has 0 bridgehead atoms. The Hall–Kier alpha value is -2.15. The molecule has 0 amide bonds. The summed E-state index contributed by atoms with van der Waals surface area (Å²) in [6, 6.07) is 5.94. The fourth-order valence-corrected chi connectivity index (χ4v) is 1.08. The summed E-state index contributed by atoms with van der Waals surface area (Å²) in [5.41, 5.74) is 0.317. The van der Waals surface area contributed by atoms with Crippen LogP contribution in [0.2, 0.25) is 0 Å². The molecule has 0 unspecified atom stereocenters. The summed E-state index contributed by atoms with van der Waals surface area (Å²) in [4.78, 5) is 10.2. The monoisotopic (exact) mass is 205 g/mol. The number of carboxylic acids is 1. The van der Waals surface area contributed by atoms with Crippen LogP contribution in [0.3, 0.4) is 0 Å². The zero-order valence-electron chi connectivity index (χ0n) is 7.77. The Labute approximate surface area is 86.1 Å². The van der Waals surface area contributed by atoms with Gasteiger partial charge in [-0.25, -0.2) is 4.39 Å². The molecule has 0 spiro atoms. The van der Waals surface area contributed by atoms with Crippen LogP contribution in [0.25, 0.3) is 6.08 Å². The maximum Gasteiger partial charge on any atom is 0.307 e. The van der Waals surface area contributed by atoms with E-state index in [1.54, 1.807) is 12.1 Å². The molecule has 76 valence electrons. The normalized spacial score (nSPS) is 10.1. The Morgan fingerprint density at radius 2 is 2.33 bits per heavy atom. The van der Waals surface area contributed by atoms with Crippen molar-refractivity contribution < 1.29 is 14.3 Å². The number of rotatable bonds is 3. The third-order valence-corrected chi connectivity index (χ3v) is 1.75. The Bertz CT molecular complexity index is 446. The molecule has 1 N–H and O–H groups in total. The largest absolute Gasteiger partial charge is 0.481 e. The average Bonchev–Trinajstić information content (AvgIpc) is 2.17. The highest BCUT2D eigenvalue weighted by Gasteiger charge is 2.04. The molecule has 0 heterocycles. The minimum atomic E-state index is -0.971. The second-order valence-corrected chi connectivity index (χ2v) is 2.82. The number of halogens is 1. The van der Waals surface area contributed by atoms with Gasteiger partial charge in [0.1, 0.15) is 11.9 Å². The predicted molar refractivity (Wildman–Crippen MR) is 52.4 cm³/mol. The van der Waals surface area contributed by atoms with E-state index in [1.165, 1.54) is 24.3 Å². The van der Waals surface area contributed by atoms with Gasteiger partial charge < -0.3 is 5.11 Å². The van der Waals surface area contributed by atoms with E-state index < -0.39 is 11.8 Å². The van der Waals surface area contributed by atoms with Gasteiger partial charge >= 0.3 is 5.97 Å². The SMILES string of the molecule is N#Cc1c(F)cccc1C=CCC(=O)O. The first-order valence-corrected chi connectivity index (χ1v) is 4.22. The van der Waals surface area contributed by atoms with Crippen LogP contribution < -0.4 is 0 Å². The van der Waals surface area contributed by atoms with E-state index >= 15 is 0 Å². The first-order valence-electron chi connectivity index (χ1n) is 4.22. The molecular weight excluding hydrogens is 197 g/mol. The third-order valence-electron chi connectivity index (χ3n) is 1.75. The van der Waals surface area contributed by atoms with Gasteiger partial charge in [0.05, 0.1) is 12.0 Å². The van der Waals surface area contributed by atoms with Crippen LogP contribution >= 0.6 is 0 Å². The van der Waals surface area contributed by atoms with Crippen LogP contribution in [0.15, 0.2) is 24.3 Å². The van der Waals surface area contributed by atoms with E-state index in [9.17, 15) is 9.18 Å². The maximum atomic E-state index is 13.1. The number of nitriles is 1. The topological polar surface area (TPSA) is 61.1 Å². The van der Waals surface area contributed by atoms with Gasteiger partial charge in [-0.3, -0.25) is 4.79 Å². The zero-order valence-corrected chi connectivity index (χ0v) is 7.77. The minimum absolute atomic E-state index is 0.0702. The Balaban J connectivity index is 2.96. The number of carbonyl (C=O) groups is 1. The quantitative estimate of drug-likeness (QED) is 0.822. The van der Waals surface area contributed by atoms with Crippen LogP contribution in [0.5, 0.6) is 0 Å². The van der Waals surface area contributed by atoms with Crippen molar-refractivity contribution in [3.8, 4) is 6.07 Å². The number of hydrogen-bond donors (Lipinski definition) is 1. The van der Waals surface area contributed by atoms with Crippen molar-refractivity contribution in [1.29, 1.82) is 5.26 Å². The van der Waals surface area contributed by atoms with Gasteiger partial charge in [0.2, 0.25) is 0 Å². The summed E-state index contributed by atoms with van der Waals surface area (Å²) in [5.74, 6) is -1.57. The summed E-state index contributed by atoms with van der Waals surface area (Å²) < 4.78 is 13.1. The van der Waals surface area contributed by atoms with Crippen LogP contribution in [0.4, 0.5) is 4.39 Å². The molecule has 0 aliphatic rings. The van der Waals surface area contributed by atoms with E-state index in [-0.39, 0.29) is 12.0 Å². The molecule has 1 rings (SSSR count). The molecule has 0 saturated heterocycles. The summed E-state index contributed by atoms with van der Waals surface area (Å²) in [6.07, 6.45) is 2.65. The van der Waals surface area contributed by atoms with Crippen molar-refractivity contribution >= 4 is 12.0 Å². The van der Waals surface area contributed by atoms with Gasteiger partial charge in [0.25, 0.3) is 0 Å². The molecule has 0 radical (unpaired) electrons. The lowest BCUT2D eigenvalue weighted by Crippen LogP contribution is -1.91. The molecule has 0 aliphatic carbocycles. The van der Waals surface area contributed by atoms with E-state index in [1.807, 2.05) is 0 Å². The lowest BCUT2D eigenvalue weighted by atomic mass is 10.1. The van der Waals surface area contributed by atoms with E-state index in [2.05, 4.69) is 0 Å². The Kier molecular flexibility index (Phi) is 3.58. The lowest BCUT2D eigenvalue weighted by molar-refractivity contribution is -0.135. The number of carboxylic acid groups (broad SMARTS) is 1. The van der Waals surface area contributed by atoms with Gasteiger partial charge in [0.15, 0.2) is 0 Å². The number of hydrogen-bond acceptors (Lipinski definition) is 2. The van der Waals surface area contributed by atoms with Crippen LogP contribution in [0, 0.1) is 17.1 Å². The van der Waals surface area contributed by atoms with Gasteiger partial charge in [-0.2, -0.15) is 5.26 Å². The van der Waals surface area contributed by atoms with E-state index in [0.717, 1.165) is 0 Å². The van der Waals surface area contributed by atoms with Crippen molar-refractivity contribution in [3.05, 3.63) is 41.2 Å². The molecule has 3 nitrogen and oxygen atoms in total. The van der Waals surface area contributed by atoms with Crippen LogP contribution in [-0.2, 0) is 4.79 Å². The summed E-state index contributed by atoms with van der Waals surface area (Å²) >= 11 is 0. The highest BCUT2D eigenvalue weighted by molar-refractivity contribution is 5.71. The highest BCUT2D eigenvalue weighted by Crippen LogP contribution is 2.14. The first-order chi connectivity index (χ1) is 7.15. The summed E-state index contributed by atoms with van der Waals surface area (Å²) in [7, 11) is 0. The molecule has 0 aliphatic heterocycles. The van der Waals surface area contributed by atoms with Crippen molar-refractivity contribution in [1.82, 2.24) is 0 Å². The zero-order chi connectivity index (χ0) is 11.3. The van der Waals surface area contributed by atoms with Gasteiger partial charge in [0, 0.05) is 0 Å². The molecule has 0 saturated carbocycles. The van der Waals surface area contributed by atoms with Gasteiger partial charge in [-0.15, -0.1) is 0 Å². The molecule has 0 aromatic heterocycles. The smallest absolute Gasteiger partial charge is 0.307 e. The van der Waals surface area contributed by atoms with Crippen molar-refractivity contribution in [3.63, 3.8) is 0 Å². The predicted octanol–water partition coefficient (Wildman–Crippen LogP) is 2.19. The van der Waals surface area contributed by atoms with Gasteiger partial charge in [-0.05, 0) is 11.6 Å². The molecule has 1 aromatic carbocycles.